The molecule has 0 saturated carbocycles. The van der Waals surface area contributed by atoms with Gasteiger partial charge in [-0.05, 0) is 36.2 Å². The van der Waals surface area contributed by atoms with Crippen molar-refractivity contribution in [2.75, 3.05) is 11.4 Å². The van der Waals surface area contributed by atoms with Crippen molar-refractivity contribution in [2.24, 2.45) is 17.6 Å². The van der Waals surface area contributed by atoms with Gasteiger partial charge in [-0.3, -0.25) is 9.59 Å². The monoisotopic (exact) mass is 348 g/mol. The first-order chi connectivity index (χ1) is 11.9. The summed E-state index contributed by atoms with van der Waals surface area (Å²) in [5.74, 6) is -5.78. The molecular weight excluding hydrogens is 333 g/mol. The number of hydrogen-bond donors (Lipinski definition) is 1. The molecule has 4 nitrogen and oxygen atoms in total. The molecule has 1 heterocycles. The van der Waals surface area contributed by atoms with Crippen LogP contribution in [0.3, 0.4) is 0 Å². The number of nitrogens with zero attached hydrogens (tertiary/aromatic N) is 1. The third-order valence-corrected chi connectivity index (χ3v) is 4.36. The Morgan fingerprint density at radius 3 is 2.44 bits per heavy atom. The molecule has 25 heavy (non-hydrogen) atoms. The molecule has 0 aromatic heterocycles. The highest BCUT2D eigenvalue weighted by Crippen LogP contribution is 2.33. The molecule has 2 amide bonds. The van der Waals surface area contributed by atoms with E-state index in [2.05, 4.69) is 0 Å². The molecule has 3 rings (SSSR count). The zero-order valence-corrected chi connectivity index (χ0v) is 13.1. The molecule has 2 aromatic rings. The Kier molecular flexibility index (Phi) is 4.48. The van der Waals surface area contributed by atoms with Gasteiger partial charge in [0.2, 0.25) is 11.8 Å². The number of hydrogen-bond acceptors (Lipinski definition) is 2. The van der Waals surface area contributed by atoms with Crippen LogP contribution in [0.15, 0.2) is 42.5 Å². The average molecular weight is 348 g/mol. The molecule has 0 radical (unpaired) electrons. The Morgan fingerprint density at radius 1 is 1.12 bits per heavy atom. The third-order valence-electron chi connectivity index (χ3n) is 4.36. The van der Waals surface area contributed by atoms with E-state index in [4.69, 9.17) is 5.73 Å². The number of carbonyl (C=O) groups excluding carboxylic acids is 2. The van der Waals surface area contributed by atoms with Crippen LogP contribution >= 0.6 is 0 Å². The van der Waals surface area contributed by atoms with Crippen molar-refractivity contribution in [3.8, 4) is 0 Å². The van der Waals surface area contributed by atoms with E-state index < -0.39 is 41.1 Å². The number of nitrogens with two attached hydrogens (primary N) is 1. The molecule has 130 valence electrons. The summed E-state index contributed by atoms with van der Waals surface area (Å²) in [6, 6.07) is 9.14. The molecule has 2 aromatic carbocycles. The zero-order valence-electron chi connectivity index (χ0n) is 13.1. The molecule has 1 aliphatic rings. The quantitative estimate of drug-likeness (QED) is 0.863. The van der Waals surface area contributed by atoms with Crippen molar-refractivity contribution >= 4 is 17.5 Å². The Balaban J connectivity index is 1.91. The predicted molar refractivity (Wildman–Crippen MR) is 85.0 cm³/mol. The molecule has 0 aliphatic carbocycles. The lowest BCUT2D eigenvalue weighted by atomic mass is 9.89. The summed E-state index contributed by atoms with van der Waals surface area (Å²) in [6.45, 7) is 0.0180. The Hall–Kier alpha value is -2.83. The minimum Gasteiger partial charge on any atom is -0.369 e. The summed E-state index contributed by atoms with van der Waals surface area (Å²) in [5, 5.41) is 0. The maximum Gasteiger partial charge on any atom is 0.240 e. The van der Waals surface area contributed by atoms with Gasteiger partial charge in [-0.25, -0.2) is 13.2 Å². The van der Waals surface area contributed by atoms with E-state index in [1.54, 1.807) is 12.1 Å². The zero-order chi connectivity index (χ0) is 18.1. The van der Waals surface area contributed by atoms with Crippen LogP contribution in [-0.2, 0) is 16.0 Å². The van der Waals surface area contributed by atoms with E-state index >= 15 is 0 Å². The molecule has 0 bridgehead atoms. The summed E-state index contributed by atoms with van der Waals surface area (Å²) in [7, 11) is 0. The van der Waals surface area contributed by atoms with Crippen molar-refractivity contribution in [1.29, 1.82) is 0 Å². The Labute approximate surface area is 142 Å². The van der Waals surface area contributed by atoms with E-state index in [-0.39, 0.29) is 18.7 Å². The second-order valence-electron chi connectivity index (χ2n) is 5.99. The summed E-state index contributed by atoms with van der Waals surface area (Å²) in [5.41, 5.74) is 5.84. The molecule has 1 fully saturated rings. The highest BCUT2D eigenvalue weighted by Gasteiger charge is 2.45. The van der Waals surface area contributed by atoms with Gasteiger partial charge in [-0.15, -0.1) is 0 Å². The van der Waals surface area contributed by atoms with Crippen LogP contribution in [0.5, 0.6) is 0 Å². The number of anilines is 1. The van der Waals surface area contributed by atoms with Crippen molar-refractivity contribution < 1.29 is 22.8 Å². The predicted octanol–water partition coefficient (Wildman–Crippen LogP) is 2.41. The fraction of sp³-hybridized carbons (Fsp3) is 0.222. The van der Waals surface area contributed by atoms with Crippen LogP contribution in [0.4, 0.5) is 18.9 Å². The lowest BCUT2D eigenvalue weighted by Crippen LogP contribution is -2.35. The summed E-state index contributed by atoms with van der Waals surface area (Å²) in [6.07, 6.45) is 0.285. The van der Waals surface area contributed by atoms with Gasteiger partial charge >= 0.3 is 0 Å². The molecular formula is C18H15F3N2O2. The molecule has 2 unspecified atom stereocenters. The van der Waals surface area contributed by atoms with Crippen LogP contribution < -0.4 is 10.6 Å². The first-order valence-electron chi connectivity index (χ1n) is 7.67. The second kappa shape index (κ2) is 6.58. The Morgan fingerprint density at radius 2 is 1.80 bits per heavy atom. The molecule has 1 saturated heterocycles. The van der Waals surface area contributed by atoms with Crippen LogP contribution in [0, 0.1) is 29.3 Å². The number of primary amides is 1. The van der Waals surface area contributed by atoms with Crippen LogP contribution in [0.25, 0.3) is 0 Å². The van der Waals surface area contributed by atoms with Crippen LogP contribution in [0.2, 0.25) is 0 Å². The molecule has 2 N–H and O–H groups in total. The summed E-state index contributed by atoms with van der Waals surface area (Å²) >= 11 is 0. The first kappa shape index (κ1) is 17.0. The normalized spacial score (nSPS) is 20.1. The number of carbonyl (C=O) groups is 2. The van der Waals surface area contributed by atoms with Gasteiger partial charge < -0.3 is 10.6 Å². The van der Waals surface area contributed by atoms with Crippen LogP contribution in [-0.4, -0.2) is 18.4 Å². The fourth-order valence-corrected chi connectivity index (χ4v) is 3.18. The van der Waals surface area contributed by atoms with E-state index in [1.807, 2.05) is 0 Å². The third kappa shape index (κ3) is 3.22. The molecule has 0 spiro atoms. The van der Waals surface area contributed by atoms with E-state index in [0.29, 0.717) is 5.56 Å². The molecule has 7 heteroatoms. The SMILES string of the molecule is NC(=O)C1C(=O)N(c2cccc(F)c2F)CC1Cc1ccc(F)cc1. The van der Waals surface area contributed by atoms with Crippen molar-refractivity contribution in [3.63, 3.8) is 0 Å². The second-order valence-corrected chi connectivity index (χ2v) is 5.99. The van der Waals surface area contributed by atoms with Gasteiger partial charge in [0.25, 0.3) is 0 Å². The lowest BCUT2D eigenvalue weighted by Gasteiger charge is -2.17. The first-order valence-corrected chi connectivity index (χ1v) is 7.67. The van der Waals surface area contributed by atoms with Crippen molar-refractivity contribution in [1.82, 2.24) is 0 Å². The van der Waals surface area contributed by atoms with Gasteiger partial charge in [-0.1, -0.05) is 18.2 Å². The fourth-order valence-electron chi connectivity index (χ4n) is 3.18. The highest BCUT2D eigenvalue weighted by molar-refractivity contribution is 6.09. The number of halogens is 3. The maximum atomic E-state index is 14.0. The minimum atomic E-state index is -1.15. The van der Waals surface area contributed by atoms with Gasteiger partial charge in [0, 0.05) is 12.5 Å². The number of amides is 2. The largest absolute Gasteiger partial charge is 0.369 e. The number of rotatable bonds is 4. The summed E-state index contributed by atoms with van der Waals surface area (Å²) in [4.78, 5) is 25.3. The smallest absolute Gasteiger partial charge is 0.240 e. The van der Waals surface area contributed by atoms with E-state index in [9.17, 15) is 22.8 Å². The van der Waals surface area contributed by atoms with Gasteiger partial charge in [-0.2, -0.15) is 0 Å². The van der Waals surface area contributed by atoms with Gasteiger partial charge in [0.1, 0.15) is 11.7 Å². The van der Waals surface area contributed by atoms with Crippen molar-refractivity contribution in [2.45, 2.75) is 6.42 Å². The summed E-state index contributed by atoms with van der Waals surface area (Å²) < 4.78 is 40.5. The number of benzene rings is 2. The molecule has 1 aliphatic heterocycles. The van der Waals surface area contributed by atoms with Crippen LogP contribution in [0.1, 0.15) is 5.56 Å². The topological polar surface area (TPSA) is 63.4 Å². The van der Waals surface area contributed by atoms with E-state index in [1.165, 1.54) is 24.3 Å². The van der Waals surface area contributed by atoms with Gasteiger partial charge in [0.15, 0.2) is 11.6 Å². The Bertz CT molecular complexity index is 824. The van der Waals surface area contributed by atoms with Crippen molar-refractivity contribution in [3.05, 3.63) is 65.5 Å². The minimum absolute atomic E-state index is 0.0180. The lowest BCUT2D eigenvalue weighted by molar-refractivity contribution is -0.131. The average Bonchev–Trinajstić information content (AvgIpc) is 2.88. The highest BCUT2D eigenvalue weighted by atomic mass is 19.2. The van der Waals surface area contributed by atoms with Gasteiger partial charge in [0.05, 0.1) is 5.69 Å². The molecule has 2 atom stereocenters. The standard InChI is InChI=1S/C18H15F3N2O2/c19-12-6-4-10(5-7-12)8-11-9-23(18(25)15(11)17(22)24)14-3-1-2-13(20)16(14)21/h1-7,11,15H,8-9H2,(H2,22,24). The maximum absolute atomic E-state index is 14.0. The van der Waals surface area contributed by atoms with E-state index in [0.717, 1.165) is 11.0 Å².